The number of hydrogen-bond donors (Lipinski definition) is 1. The van der Waals surface area contributed by atoms with Crippen LogP contribution in [0.5, 0.6) is 5.75 Å². The van der Waals surface area contributed by atoms with Gasteiger partial charge in [0, 0.05) is 35.6 Å². The summed E-state index contributed by atoms with van der Waals surface area (Å²) >= 11 is 0. The fourth-order valence-corrected chi connectivity index (χ4v) is 2.46. The van der Waals surface area contributed by atoms with E-state index in [2.05, 4.69) is 57.5 Å². The monoisotopic (exact) mass is 534 g/mol. The first-order chi connectivity index (χ1) is 14.1. The first-order valence-electron chi connectivity index (χ1n) is 9.63. The molecule has 4 rings (SSSR count). The van der Waals surface area contributed by atoms with Crippen LogP contribution >= 0.6 is 0 Å². The Morgan fingerprint density at radius 3 is 2.42 bits per heavy atom. The number of nitrogens with one attached hydrogen (secondary N) is 1. The maximum absolute atomic E-state index is 11.2. The van der Waals surface area contributed by atoms with Crippen molar-refractivity contribution in [3.63, 3.8) is 0 Å². The molecule has 0 spiro atoms. The topological polar surface area (TPSA) is 67.9 Å². The van der Waals surface area contributed by atoms with Gasteiger partial charge in [-0.1, -0.05) is 18.8 Å². The number of benzene rings is 1. The number of hydrogen-bond acceptors (Lipinski definition) is 4. The maximum Gasteiger partial charge on any atom is 1.00 e. The maximum atomic E-state index is 11.2. The molecule has 6 heteroatoms. The zero-order chi connectivity index (χ0) is 20.5. The molecule has 31 heavy (non-hydrogen) atoms. The molecule has 0 atom stereocenters. The van der Waals surface area contributed by atoms with Crippen LogP contribution in [0, 0.1) is 38.5 Å². The third kappa shape index (κ3) is 10.6. The molecule has 5 nitrogen and oxygen atoms in total. The van der Waals surface area contributed by atoms with Crippen LogP contribution in [0.1, 0.15) is 42.4 Å². The van der Waals surface area contributed by atoms with Crippen LogP contribution in [0.2, 0.25) is 0 Å². The minimum Gasteiger partial charge on any atom is -0.485 e. The van der Waals surface area contributed by atoms with Gasteiger partial charge >= 0.3 is 68.9 Å². The Bertz CT molecular complexity index is 1030. The molecular weight excluding hydrogens is 507 g/mol. The molecule has 1 aliphatic rings. The quantitative estimate of drug-likeness (QED) is 0.408. The van der Waals surface area contributed by atoms with Crippen molar-refractivity contribution >= 4 is 0 Å². The molecule has 2 heterocycles. The van der Waals surface area contributed by atoms with Crippen LogP contribution in [0.25, 0.3) is 0 Å². The molecule has 0 aliphatic heterocycles. The molecule has 0 saturated heterocycles. The van der Waals surface area contributed by atoms with Gasteiger partial charge in [-0.05, 0) is 31.9 Å². The number of aryl methyl sites for hydroxylation is 1. The summed E-state index contributed by atoms with van der Waals surface area (Å²) in [6.45, 7) is 4.10. The zero-order valence-electron chi connectivity index (χ0n) is 18.7. The van der Waals surface area contributed by atoms with Crippen molar-refractivity contribution in [1.29, 1.82) is 0 Å². The van der Waals surface area contributed by atoms with E-state index in [-0.39, 0.29) is 88.5 Å². The van der Waals surface area contributed by atoms with E-state index in [0.717, 1.165) is 11.3 Å². The number of H-pyrrole nitrogens is 1. The molecule has 0 amide bonds. The number of nitrogens with zero attached hydrogens (tertiary/aromatic N) is 2. The molecule has 2 aromatic heterocycles. The third-order valence-electron chi connectivity index (χ3n) is 4.18. The second kappa shape index (κ2) is 14.6. The van der Waals surface area contributed by atoms with E-state index in [9.17, 15) is 4.79 Å². The fraction of sp³-hybridized carbons (Fsp3) is 0.240. The molecule has 1 saturated carbocycles. The van der Waals surface area contributed by atoms with Crippen molar-refractivity contribution in [2.75, 3.05) is 0 Å². The molecule has 1 fully saturated rings. The van der Waals surface area contributed by atoms with Gasteiger partial charge in [-0.3, -0.25) is 4.79 Å². The van der Waals surface area contributed by atoms with E-state index in [1.54, 1.807) is 31.5 Å². The summed E-state index contributed by atoms with van der Waals surface area (Å²) in [5, 5.41) is 0. The minimum absolute atomic E-state index is 0. The predicted molar refractivity (Wildman–Crippen MR) is 120 cm³/mol. The number of pyridine rings is 1. The summed E-state index contributed by atoms with van der Waals surface area (Å²) in [6, 6.07) is 13.3. The van der Waals surface area contributed by atoms with Crippen LogP contribution in [0.15, 0.2) is 59.7 Å². The largest absolute Gasteiger partial charge is 1.00 e. The van der Waals surface area contributed by atoms with Crippen molar-refractivity contribution in [3.05, 3.63) is 102 Å². The molecule has 0 unspecified atom stereocenters. The molecule has 156 valence electrons. The molecule has 0 bridgehead atoms. The Kier molecular flexibility index (Phi) is 13.0. The smallest absolute Gasteiger partial charge is 0.485 e. The Hall–Kier alpha value is -1.47. The van der Waals surface area contributed by atoms with Crippen molar-refractivity contribution in [2.24, 2.45) is 5.92 Å². The van der Waals surface area contributed by atoms with Gasteiger partial charge < -0.3 is 17.1 Å². The van der Waals surface area contributed by atoms with E-state index in [0.29, 0.717) is 17.5 Å². The Morgan fingerprint density at radius 2 is 1.84 bits per heavy atom. The summed E-state index contributed by atoms with van der Waals surface area (Å²) in [5.41, 5.74) is 2.98. The molecule has 0 radical (unpaired) electrons. The van der Waals surface area contributed by atoms with Crippen LogP contribution in [-0.2, 0) is 6.61 Å². The van der Waals surface area contributed by atoms with Gasteiger partial charge in [0.15, 0.2) is 5.82 Å². The first-order valence-corrected chi connectivity index (χ1v) is 9.63. The Morgan fingerprint density at radius 1 is 1.16 bits per heavy atom. The normalized spacial score (nSPS) is 11.3. The van der Waals surface area contributed by atoms with Crippen molar-refractivity contribution < 1.29 is 73.6 Å². The second-order valence-electron chi connectivity index (χ2n) is 6.77. The average Bonchev–Trinajstić information content (AvgIpc) is 3.56. The third-order valence-corrected chi connectivity index (χ3v) is 4.18. The van der Waals surface area contributed by atoms with Gasteiger partial charge in [-0.25, -0.2) is 9.97 Å². The number of aromatic nitrogens is 3. The van der Waals surface area contributed by atoms with Crippen LogP contribution < -0.4 is 79.2 Å². The Labute approximate surface area is 243 Å². The molecule has 1 aromatic carbocycles. The summed E-state index contributed by atoms with van der Waals surface area (Å²) in [6.07, 6.45) is 7.99. The number of ether oxygens (including phenoxy) is 1. The van der Waals surface area contributed by atoms with Gasteiger partial charge in [0.1, 0.15) is 12.4 Å². The van der Waals surface area contributed by atoms with E-state index in [4.69, 9.17) is 4.74 Å². The second-order valence-corrected chi connectivity index (χ2v) is 6.77. The summed E-state index contributed by atoms with van der Waals surface area (Å²) in [7, 11) is 0. The van der Waals surface area contributed by atoms with Crippen LogP contribution in [-0.4, -0.2) is 15.0 Å². The average molecular weight is 534 g/mol. The molecular formula is C25H27CsN3O2-. The minimum atomic E-state index is -0.177. The van der Waals surface area contributed by atoms with Crippen molar-refractivity contribution in [2.45, 2.75) is 33.3 Å². The van der Waals surface area contributed by atoms with Gasteiger partial charge in [0.25, 0.3) is 5.56 Å². The van der Waals surface area contributed by atoms with Crippen molar-refractivity contribution in [3.8, 4) is 17.6 Å². The fourth-order valence-electron chi connectivity index (χ4n) is 2.46. The van der Waals surface area contributed by atoms with Crippen LogP contribution in [0.4, 0.5) is 0 Å². The summed E-state index contributed by atoms with van der Waals surface area (Å²) < 4.78 is 5.41. The number of aromatic amines is 1. The predicted octanol–water partition coefficient (Wildman–Crippen LogP) is 1.53. The molecule has 3 aromatic rings. The van der Waals surface area contributed by atoms with Gasteiger partial charge in [-0.2, -0.15) is 24.1 Å². The van der Waals surface area contributed by atoms with Crippen LogP contribution in [0.3, 0.4) is 0 Å². The standard InChI is InChI=1S/C13H13.C11H11N3O2.CH3.Cs/c1-2-11-3-5-12(6-4-11)7-8-13-9-10-13;1-8-5-9(6-11(15)14-8)16-7-10-12-3-2-4-13-10;;/h2-6,13H,9-10H2,1H3;2-6H,7H2,1H3,(H,14,15);1H3;/q-1;;-1;+1. The van der Waals surface area contributed by atoms with Crippen molar-refractivity contribution in [1.82, 2.24) is 15.0 Å². The Balaban J connectivity index is 0.000000296. The van der Waals surface area contributed by atoms with E-state index in [1.807, 2.05) is 6.92 Å². The number of rotatable bonds is 4. The van der Waals surface area contributed by atoms with Gasteiger partial charge in [0.05, 0.1) is 0 Å². The van der Waals surface area contributed by atoms with E-state index >= 15 is 0 Å². The summed E-state index contributed by atoms with van der Waals surface area (Å²) in [4.78, 5) is 21.8. The zero-order valence-corrected chi connectivity index (χ0v) is 25.0. The summed E-state index contributed by atoms with van der Waals surface area (Å²) in [5.74, 6) is 8.24. The molecule has 1 N–H and O–H groups in total. The van der Waals surface area contributed by atoms with Gasteiger partial charge in [-0.15, -0.1) is 12.1 Å². The van der Waals surface area contributed by atoms with Gasteiger partial charge in [0.2, 0.25) is 0 Å². The first kappa shape index (κ1) is 27.6. The molecule has 1 aliphatic carbocycles. The SMILES string of the molecule is C[CH-]c1ccc(C#CC2CC2)cc1.Cc1cc(OCc2ncccn2)cc(=O)[nH]1.[CH3-].[Cs+]. The van der Waals surface area contributed by atoms with E-state index < -0.39 is 0 Å². The van der Waals surface area contributed by atoms with E-state index in [1.165, 1.54) is 24.5 Å².